The second kappa shape index (κ2) is 5.11. The third-order valence-electron chi connectivity index (χ3n) is 4.51. The lowest BCUT2D eigenvalue weighted by molar-refractivity contribution is 0.339. The molecule has 4 nitrogen and oxygen atoms in total. The van der Waals surface area contributed by atoms with Crippen LogP contribution in [0.4, 0.5) is 0 Å². The topological polar surface area (TPSA) is 61.0 Å². The van der Waals surface area contributed by atoms with Crippen LogP contribution >= 0.6 is 0 Å². The summed E-state index contributed by atoms with van der Waals surface area (Å²) < 4.78 is 5.75. The molecule has 0 spiro atoms. The summed E-state index contributed by atoms with van der Waals surface area (Å²) in [5, 5.41) is 0. The second-order valence-corrected chi connectivity index (χ2v) is 5.88. The number of ether oxygens (including phenoxy) is 1. The van der Waals surface area contributed by atoms with Gasteiger partial charge in [0.05, 0.1) is 5.92 Å². The van der Waals surface area contributed by atoms with Crippen molar-refractivity contribution in [2.75, 3.05) is 6.61 Å². The van der Waals surface area contributed by atoms with Crippen LogP contribution in [0.5, 0.6) is 5.75 Å². The van der Waals surface area contributed by atoms with Crippen molar-refractivity contribution >= 4 is 0 Å². The zero-order valence-electron chi connectivity index (χ0n) is 12.0. The molecule has 108 valence electrons. The monoisotopic (exact) mass is 281 g/mol. The van der Waals surface area contributed by atoms with E-state index in [1.54, 1.807) is 0 Å². The van der Waals surface area contributed by atoms with Crippen molar-refractivity contribution in [2.45, 2.75) is 37.6 Å². The van der Waals surface area contributed by atoms with E-state index in [0.29, 0.717) is 6.61 Å². The molecule has 1 aliphatic carbocycles. The molecule has 1 aliphatic heterocycles. The van der Waals surface area contributed by atoms with Crippen LogP contribution in [0.1, 0.15) is 53.9 Å². The van der Waals surface area contributed by atoms with Crippen LogP contribution in [0.25, 0.3) is 0 Å². The normalized spacial score (nSPS) is 23.9. The van der Waals surface area contributed by atoms with Gasteiger partial charge in [-0.2, -0.15) is 0 Å². The predicted octanol–water partition coefficient (Wildman–Crippen LogP) is 2.73. The molecule has 0 saturated carbocycles. The summed E-state index contributed by atoms with van der Waals surface area (Å²) in [6.07, 6.45) is 6.31. The number of aromatic nitrogens is 2. The molecule has 4 heteroatoms. The van der Waals surface area contributed by atoms with Crippen LogP contribution < -0.4 is 10.5 Å². The van der Waals surface area contributed by atoms with E-state index in [1.807, 2.05) is 24.4 Å². The van der Waals surface area contributed by atoms with Gasteiger partial charge in [0.25, 0.3) is 0 Å². The smallest absolute Gasteiger partial charge is 0.139 e. The van der Waals surface area contributed by atoms with Gasteiger partial charge in [-0.1, -0.05) is 24.6 Å². The summed E-state index contributed by atoms with van der Waals surface area (Å²) in [6, 6.07) is 8.24. The van der Waals surface area contributed by atoms with Gasteiger partial charge in [0.2, 0.25) is 0 Å². The van der Waals surface area contributed by atoms with Gasteiger partial charge in [0.15, 0.2) is 0 Å². The highest BCUT2D eigenvalue weighted by molar-refractivity contribution is 5.43. The van der Waals surface area contributed by atoms with Crippen LogP contribution in [0.15, 0.2) is 30.5 Å². The van der Waals surface area contributed by atoms with Gasteiger partial charge in [-0.15, -0.1) is 0 Å². The Morgan fingerprint density at radius 3 is 3.00 bits per heavy atom. The van der Waals surface area contributed by atoms with Crippen LogP contribution in [-0.2, 0) is 6.42 Å². The minimum Gasteiger partial charge on any atom is -0.492 e. The number of aryl methyl sites for hydroxylation is 1. The van der Waals surface area contributed by atoms with Gasteiger partial charge in [0, 0.05) is 29.1 Å². The van der Waals surface area contributed by atoms with Gasteiger partial charge >= 0.3 is 0 Å². The number of nitrogens with two attached hydrogens (primary N) is 1. The largest absolute Gasteiger partial charge is 0.492 e. The number of rotatable bonds is 1. The van der Waals surface area contributed by atoms with Gasteiger partial charge in [-0.05, 0) is 25.3 Å². The van der Waals surface area contributed by atoms with E-state index < -0.39 is 0 Å². The van der Waals surface area contributed by atoms with Crippen LogP contribution in [0.3, 0.4) is 0 Å². The number of fused-ring (bicyclic) bond motifs is 2. The zero-order chi connectivity index (χ0) is 14.2. The van der Waals surface area contributed by atoms with Crippen molar-refractivity contribution in [3.63, 3.8) is 0 Å². The Bertz CT molecular complexity index is 671. The highest BCUT2D eigenvalue weighted by Gasteiger charge is 2.28. The van der Waals surface area contributed by atoms with E-state index in [4.69, 9.17) is 15.5 Å². The third-order valence-corrected chi connectivity index (χ3v) is 4.51. The Hall–Kier alpha value is -1.94. The van der Waals surface area contributed by atoms with E-state index in [1.165, 1.54) is 12.0 Å². The van der Waals surface area contributed by atoms with E-state index >= 15 is 0 Å². The number of para-hydroxylation sites is 1. The van der Waals surface area contributed by atoms with Crippen LogP contribution in [0, 0.1) is 0 Å². The molecule has 0 fully saturated rings. The average Bonchev–Trinajstić information content (AvgIpc) is 2.86. The summed E-state index contributed by atoms with van der Waals surface area (Å²) >= 11 is 0. The lowest BCUT2D eigenvalue weighted by Crippen LogP contribution is -2.15. The van der Waals surface area contributed by atoms with Crippen LogP contribution in [-0.4, -0.2) is 16.6 Å². The Labute approximate surface area is 124 Å². The van der Waals surface area contributed by atoms with Crippen molar-refractivity contribution in [3.8, 4) is 5.75 Å². The average molecular weight is 281 g/mol. The van der Waals surface area contributed by atoms with Gasteiger partial charge in [0.1, 0.15) is 18.2 Å². The maximum absolute atomic E-state index is 6.22. The van der Waals surface area contributed by atoms with E-state index in [-0.39, 0.29) is 12.0 Å². The fourth-order valence-electron chi connectivity index (χ4n) is 3.31. The Balaban J connectivity index is 1.73. The fraction of sp³-hybridized carbons (Fsp3) is 0.412. The summed E-state index contributed by atoms with van der Waals surface area (Å²) in [6.45, 7) is 0.629. The predicted molar refractivity (Wildman–Crippen MR) is 80.3 cm³/mol. The summed E-state index contributed by atoms with van der Waals surface area (Å²) in [4.78, 5) is 9.43. The maximum atomic E-state index is 6.22. The minimum atomic E-state index is 0.0867. The molecular formula is C17H19N3O. The van der Waals surface area contributed by atoms with Crippen molar-refractivity contribution in [1.82, 2.24) is 9.97 Å². The molecule has 21 heavy (non-hydrogen) atoms. The van der Waals surface area contributed by atoms with Crippen molar-refractivity contribution < 1.29 is 4.74 Å². The lowest BCUT2D eigenvalue weighted by atomic mass is 9.99. The first-order valence-electron chi connectivity index (χ1n) is 7.66. The van der Waals surface area contributed by atoms with Gasteiger partial charge in [-0.3, -0.25) is 0 Å². The molecule has 2 aromatic rings. The van der Waals surface area contributed by atoms with Crippen molar-refractivity contribution in [3.05, 3.63) is 53.1 Å². The first kappa shape index (κ1) is 12.8. The molecule has 1 aromatic carbocycles. The standard InChI is InChI=1S/C17H19N3O/c18-14-6-2-3-7-15-12(14)9-19-17(20-15)13-10-21-16-8-4-1-5-11(13)16/h1,4-5,8-9,13-14H,2-3,6-7,10,18H2. The Morgan fingerprint density at radius 2 is 2.05 bits per heavy atom. The molecule has 4 rings (SSSR count). The first-order chi connectivity index (χ1) is 10.3. The number of hydrogen-bond donors (Lipinski definition) is 1. The number of benzene rings is 1. The summed E-state index contributed by atoms with van der Waals surface area (Å²) in [5.41, 5.74) is 9.67. The van der Waals surface area contributed by atoms with E-state index in [9.17, 15) is 0 Å². The molecule has 2 atom stereocenters. The summed E-state index contributed by atoms with van der Waals surface area (Å²) in [7, 11) is 0. The third kappa shape index (κ3) is 2.20. The fourth-order valence-corrected chi connectivity index (χ4v) is 3.31. The molecule has 0 saturated heterocycles. The minimum absolute atomic E-state index is 0.0867. The molecule has 1 aromatic heterocycles. The maximum Gasteiger partial charge on any atom is 0.139 e. The molecule has 2 unspecified atom stereocenters. The molecule has 2 aliphatic rings. The molecule has 2 heterocycles. The van der Waals surface area contributed by atoms with Crippen molar-refractivity contribution in [2.24, 2.45) is 5.73 Å². The zero-order valence-corrected chi connectivity index (χ0v) is 12.0. The molecule has 2 N–H and O–H groups in total. The van der Waals surface area contributed by atoms with E-state index in [2.05, 4.69) is 11.1 Å². The lowest BCUT2D eigenvalue weighted by Gasteiger charge is -2.14. The van der Waals surface area contributed by atoms with Gasteiger partial charge < -0.3 is 10.5 Å². The number of hydrogen-bond acceptors (Lipinski definition) is 4. The van der Waals surface area contributed by atoms with Crippen molar-refractivity contribution in [1.29, 1.82) is 0 Å². The van der Waals surface area contributed by atoms with Crippen LogP contribution in [0.2, 0.25) is 0 Å². The molecular weight excluding hydrogens is 262 g/mol. The quantitative estimate of drug-likeness (QED) is 0.816. The molecule has 0 radical (unpaired) electrons. The van der Waals surface area contributed by atoms with E-state index in [0.717, 1.165) is 42.1 Å². The Morgan fingerprint density at radius 1 is 1.14 bits per heavy atom. The molecule has 0 bridgehead atoms. The van der Waals surface area contributed by atoms with Gasteiger partial charge in [-0.25, -0.2) is 9.97 Å². The first-order valence-corrected chi connectivity index (χ1v) is 7.66. The Kier molecular flexibility index (Phi) is 3.11. The second-order valence-electron chi connectivity index (χ2n) is 5.88. The summed E-state index contributed by atoms with van der Waals surface area (Å²) in [5.74, 6) is 1.97. The highest BCUT2D eigenvalue weighted by atomic mass is 16.5. The highest BCUT2D eigenvalue weighted by Crippen LogP contribution is 2.37. The molecule has 0 amide bonds. The number of nitrogens with zero attached hydrogens (tertiary/aromatic N) is 2. The SMILES string of the molecule is NC1CCCCc2nc(C3COc4ccccc43)ncc21.